The number of urea groups is 1. The molecule has 1 aliphatic carbocycles. The predicted octanol–water partition coefficient (Wildman–Crippen LogP) is 6.47. The molecule has 1 aromatic rings. The molecule has 0 unspecified atom stereocenters. The van der Waals surface area contributed by atoms with E-state index in [9.17, 15) is 9.59 Å². The molecule has 0 aliphatic heterocycles. The molecule has 6 heteroatoms. The lowest BCUT2D eigenvalue weighted by Gasteiger charge is -2.34. The van der Waals surface area contributed by atoms with E-state index in [1.807, 2.05) is 0 Å². The van der Waals surface area contributed by atoms with Gasteiger partial charge in [-0.15, -0.1) is 0 Å². The Balaban J connectivity index is 1.64. The molecule has 0 saturated heterocycles. The van der Waals surface area contributed by atoms with E-state index < -0.39 is 0 Å². The zero-order valence-electron chi connectivity index (χ0n) is 19.9. The minimum Gasteiger partial charge on any atom is -0.333 e. The van der Waals surface area contributed by atoms with E-state index in [2.05, 4.69) is 34.4 Å². The van der Waals surface area contributed by atoms with Crippen molar-refractivity contribution in [2.45, 2.75) is 129 Å². The van der Waals surface area contributed by atoms with Crippen LogP contribution in [0.1, 0.15) is 122 Å². The molecule has 1 aromatic heterocycles. The lowest BCUT2D eigenvalue weighted by molar-refractivity contribution is 0.221. The van der Waals surface area contributed by atoms with Crippen LogP contribution in [0, 0.1) is 0 Å². The summed E-state index contributed by atoms with van der Waals surface area (Å²) in [5, 5.41) is 5.78. The number of anilines is 1. The van der Waals surface area contributed by atoms with Gasteiger partial charge in [0.15, 0.2) is 0 Å². The van der Waals surface area contributed by atoms with E-state index in [0.29, 0.717) is 0 Å². The van der Waals surface area contributed by atoms with Crippen LogP contribution in [0.15, 0.2) is 10.9 Å². The molecule has 0 aromatic carbocycles. The minimum atomic E-state index is -0.292. The Bertz CT molecular complexity index is 695. The quantitative estimate of drug-likeness (QED) is 0.294. The number of rotatable bonds is 14. The first-order valence-corrected chi connectivity index (χ1v) is 12.7. The predicted molar refractivity (Wildman–Crippen MR) is 129 cm³/mol. The van der Waals surface area contributed by atoms with Gasteiger partial charge in [0.2, 0.25) is 5.95 Å². The molecule has 2 amide bonds. The van der Waals surface area contributed by atoms with Crippen LogP contribution in [0.5, 0.6) is 0 Å². The lowest BCUT2D eigenvalue weighted by atomic mass is 9.83. The van der Waals surface area contributed by atoms with Gasteiger partial charge in [-0.3, -0.25) is 15.1 Å². The molecule has 1 aliphatic rings. The molecule has 31 heavy (non-hydrogen) atoms. The van der Waals surface area contributed by atoms with Crippen molar-refractivity contribution in [3.63, 3.8) is 0 Å². The molecule has 3 N–H and O–H groups in total. The summed E-state index contributed by atoms with van der Waals surface area (Å²) in [5.41, 5.74) is 0.363. The molecule has 6 nitrogen and oxygen atoms in total. The molecule has 0 radical (unpaired) electrons. The Morgan fingerprint density at radius 2 is 1.55 bits per heavy atom. The van der Waals surface area contributed by atoms with Crippen molar-refractivity contribution in [3.8, 4) is 0 Å². The smallest absolute Gasteiger partial charge is 0.321 e. The van der Waals surface area contributed by atoms with Gasteiger partial charge in [-0.05, 0) is 32.6 Å². The Morgan fingerprint density at radius 1 is 0.968 bits per heavy atom. The number of unbranched alkanes of at least 4 members (excludes halogenated alkanes) is 10. The molecule has 0 atom stereocenters. The van der Waals surface area contributed by atoms with Crippen LogP contribution in [0.4, 0.5) is 10.7 Å². The maximum atomic E-state index is 12.4. The number of nitrogens with zero attached hydrogens (tertiary/aromatic N) is 1. The van der Waals surface area contributed by atoms with Gasteiger partial charge in [-0.2, -0.15) is 0 Å². The van der Waals surface area contributed by atoms with Crippen molar-refractivity contribution in [2.75, 3.05) is 5.32 Å². The third kappa shape index (κ3) is 10.8. The Labute approximate surface area is 188 Å². The number of aryl methyl sites for hydroxylation is 1. The number of amides is 2. The first-order valence-electron chi connectivity index (χ1n) is 12.7. The van der Waals surface area contributed by atoms with Crippen molar-refractivity contribution < 1.29 is 4.79 Å². The monoisotopic (exact) mass is 432 g/mol. The van der Waals surface area contributed by atoms with E-state index in [1.54, 1.807) is 6.07 Å². The van der Waals surface area contributed by atoms with Crippen LogP contribution in [-0.2, 0) is 6.42 Å². The van der Waals surface area contributed by atoms with Crippen molar-refractivity contribution in [2.24, 2.45) is 0 Å². The largest absolute Gasteiger partial charge is 0.333 e. The van der Waals surface area contributed by atoms with Gasteiger partial charge in [0, 0.05) is 17.3 Å². The van der Waals surface area contributed by atoms with Crippen LogP contribution < -0.4 is 16.2 Å². The lowest BCUT2D eigenvalue weighted by Crippen LogP contribution is -2.49. The van der Waals surface area contributed by atoms with E-state index in [0.717, 1.165) is 50.6 Å². The molecule has 1 fully saturated rings. The fourth-order valence-electron chi connectivity index (χ4n) is 4.54. The van der Waals surface area contributed by atoms with Crippen molar-refractivity contribution >= 4 is 12.0 Å². The number of carbonyl (C=O) groups is 1. The maximum Gasteiger partial charge on any atom is 0.321 e. The normalized spacial score (nSPS) is 15.5. The summed E-state index contributed by atoms with van der Waals surface area (Å²) in [5.74, 6) is 0.238. The summed E-state index contributed by atoms with van der Waals surface area (Å²) >= 11 is 0. The third-order valence-corrected chi connectivity index (χ3v) is 6.44. The van der Waals surface area contributed by atoms with Crippen molar-refractivity contribution in [3.05, 3.63) is 22.1 Å². The van der Waals surface area contributed by atoms with E-state index in [4.69, 9.17) is 0 Å². The summed E-state index contributed by atoms with van der Waals surface area (Å²) in [6.45, 7) is 4.35. The average molecular weight is 433 g/mol. The highest BCUT2D eigenvalue weighted by Gasteiger charge is 2.28. The van der Waals surface area contributed by atoms with Gasteiger partial charge in [0.05, 0.1) is 0 Å². The summed E-state index contributed by atoms with van der Waals surface area (Å²) in [6, 6.07) is 1.25. The van der Waals surface area contributed by atoms with Crippen LogP contribution in [0.3, 0.4) is 0 Å². The highest BCUT2D eigenvalue weighted by molar-refractivity contribution is 5.87. The van der Waals surface area contributed by atoms with E-state index in [1.165, 1.54) is 64.2 Å². The Kier molecular flexibility index (Phi) is 11.7. The number of aromatic amines is 1. The first-order chi connectivity index (χ1) is 15.0. The third-order valence-electron chi connectivity index (χ3n) is 6.44. The standard InChI is InChI=1S/C25H44N4O2/c1-3-4-5-6-7-8-9-10-11-12-14-17-21-20-22(30)27-23(26-21)28-24(31)29-25(2)18-15-13-16-19-25/h20H,3-19H2,1-2H3,(H3,26,27,28,29,30,31). The molecule has 2 rings (SSSR count). The fourth-order valence-corrected chi connectivity index (χ4v) is 4.54. The molecule has 1 heterocycles. The van der Waals surface area contributed by atoms with Crippen LogP contribution in [0.25, 0.3) is 0 Å². The minimum absolute atomic E-state index is 0.171. The van der Waals surface area contributed by atoms with Crippen molar-refractivity contribution in [1.82, 2.24) is 15.3 Å². The highest BCUT2D eigenvalue weighted by Crippen LogP contribution is 2.27. The molecule has 0 bridgehead atoms. The van der Waals surface area contributed by atoms with E-state index >= 15 is 0 Å². The Morgan fingerprint density at radius 3 is 2.16 bits per heavy atom. The number of aromatic nitrogens is 2. The van der Waals surface area contributed by atoms with Gasteiger partial charge < -0.3 is 5.32 Å². The number of hydrogen-bond donors (Lipinski definition) is 3. The summed E-state index contributed by atoms with van der Waals surface area (Å²) in [7, 11) is 0. The van der Waals surface area contributed by atoms with Crippen LogP contribution in [0.2, 0.25) is 0 Å². The van der Waals surface area contributed by atoms with Crippen LogP contribution >= 0.6 is 0 Å². The molecular formula is C25H44N4O2. The average Bonchev–Trinajstić information content (AvgIpc) is 2.71. The summed E-state index contributed by atoms with van der Waals surface area (Å²) in [4.78, 5) is 31.4. The summed E-state index contributed by atoms with van der Waals surface area (Å²) < 4.78 is 0. The SMILES string of the molecule is CCCCCCCCCCCCCc1cc(=O)[nH]c(NC(=O)NC2(C)CCCCC2)n1. The number of nitrogens with one attached hydrogen (secondary N) is 3. The van der Waals surface area contributed by atoms with E-state index in [-0.39, 0.29) is 23.1 Å². The van der Waals surface area contributed by atoms with Gasteiger partial charge in [-0.1, -0.05) is 90.4 Å². The zero-order chi connectivity index (χ0) is 22.4. The molecule has 176 valence electrons. The highest BCUT2D eigenvalue weighted by atomic mass is 16.2. The topological polar surface area (TPSA) is 86.9 Å². The maximum absolute atomic E-state index is 12.4. The van der Waals surface area contributed by atoms with Gasteiger partial charge >= 0.3 is 6.03 Å². The summed E-state index contributed by atoms with van der Waals surface area (Å²) in [6.07, 6.45) is 20.5. The van der Waals surface area contributed by atoms with Gasteiger partial charge in [-0.25, -0.2) is 9.78 Å². The van der Waals surface area contributed by atoms with Gasteiger partial charge in [0.25, 0.3) is 5.56 Å². The van der Waals surface area contributed by atoms with Gasteiger partial charge in [0.1, 0.15) is 0 Å². The molecule has 0 spiro atoms. The Hall–Kier alpha value is -1.85. The molecule has 1 saturated carbocycles. The second kappa shape index (κ2) is 14.3. The second-order valence-corrected chi connectivity index (χ2v) is 9.57. The zero-order valence-corrected chi connectivity index (χ0v) is 19.9. The fraction of sp³-hybridized carbons (Fsp3) is 0.800. The number of hydrogen-bond acceptors (Lipinski definition) is 3. The first kappa shape index (κ1) is 25.4. The number of carbonyl (C=O) groups excluding carboxylic acids is 1. The molecular weight excluding hydrogens is 388 g/mol. The van der Waals surface area contributed by atoms with Crippen molar-refractivity contribution in [1.29, 1.82) is 0 Å². The number of H-pyrrole nitrogens is 1. The second-order valence-electron chi connectivity index (χ2n) is 9.57. The van der Waals surface area contributed by atoms with Crippen LogP contribution in [-0.4, -0.2) is 21.5 Å².